The van der Waals surface area contributed by atoms with Crippen molar-refractivity contribution in [1.82, 2.24) is 0 Å². The Balaban J connectivity index is 1.91. The van der Waals surface area contributed by atoms with Crippen LogP contribution in [0.4, 0.5) is 33.3 Å². The molecule has 0 aromatic heterocycles. The van der Waals surface area contributed by atoms with Crippen LogP contribution in [0.1, 0.15) is 0 Å². The maximum atomic E-state index is 13.5. The maximum absolute atomic E-state index is 13.5. The Labute approximate surface area is 150 Å². The summed E-state index contributed by atoms with van der Waals surface area (Å²) in [6.45, 7) is -0.674. The van der Waals surface area contributed by atoms with Gasteiger partial charge in [-0.3, -0.25) is 9.59 Å². The Morgan fingerprint density at radius 3 is 1.96 bits per heavy atom. The van der Waals surface area contributed by atoms with Crippen LogP contribution in [0, 0.1) is 29.1 Å². The fourth-order valence-electron chi connectivity index (χ4n) is 2.23. The first kappa shape index (κ1) is 20.3. The molecule has 0 fully saturated rings. The summed E-state index contributed by atoms with van der Waals surface area (Å²) < 4.78 is 66.5. The van der Waals surface area contributed by atoms with Crippen LogP contribution in [0.25, 0.3) is 0 Å². The zero-order valence-corrected chi connectivity index (χ0v) is 14.0. The molecule has 0 aliphatic carbocycles. The number of rotatable bonds is 6. The van der Waals surface area contributed by atoms with E-state index in [4.69, 9.17) is 0 Å². The third kappa shape index (κ3) is 5.23. The Morgan fingerprint density at radius 1 is 0.815 bits per heavy atom. The molecule has 2 amide bonds. The molecular weight excluding hydrogens is 373 g/mol. The number of para-hydroxylation sites is 1. The second-order valence-electron chi connectivity index (χ2n) is 5.73. The van der Waals surface area contributed by atoms with Crippen molar-refractivity contribution in [2.45, 2.75) is 0 Å². The van der Waals surface area contributed by atoms with Crippen molar-refractivity contribution in [2.24, 2.45) is 0 Å². The molecule has 0 radical (unpaired) electrons. The van der Waals surface area contributed by atoms with Crippen molar-refractivity contribution in [3.8, 4) is 0 Å². The van der Waals surface area contributed by atoms with Gasteiger partial charge in [-0.15, -0.1) is 0 Å². The van der Waals surface area contributed by atoms with Crippen molar-refractivity contribution >= 4 is 23.2 Å². The monoisotopic (exact) mass is 388 g/mol. The van der Waals surface area contributed by atoms with Crippen molar-refractivity contribution in [3.63, 3.8) is 0 Å². The lowest BCUT2D eigenvalue weighted by atomic mass is 10.2. The van der Waals surface area contributed by atoms with E-state index in [1.165, 1.54) is 7.05 Å². The van der Waals surface area contributed by atoms with Gasteiger partial charge in [0.15, 0.2) is 30.5 Å². The first-order valence-corrected chi connectivity index (χ1v) is 7.67. The zero-order valence-electron chi connectivity index (χ0n) is 14.0. The standard InChI is InChI=1S/C17H14F5N3O2/c1-25(8-14(27)24-17-10(19)3-2-4-11(17)20)7-13(26)23-12-6-5-9(18)15(21)16(12)22/h2-6H,7-8H2,1H3,(H,23,26)(H,24,27)/p+1. The average molecular weight is 388 g/mol. The molecule has 0 saturated heterocycles. The van der Waals surface area contributed by atoms with E-state index in [-0.39, 0.29) is 13.1 Å². The normalized spacial score (nSPS) is 11.8. The fraction of sp³-hybridized carbons (Fsp3) is 0.176. The average Bonchev–Trinajstić information content (AvgIpc) is 2.58. The number of anilines is 2. The third-order valence-corrected chi connectivity index (χ3v) is 3.46. The molecule has 0 heterocycles. The number of hydrogen-bond acceptors (Lipinski definition) is 2. The SMILES string of the molecule is C[NH+](CC(=O)Nc1ccc(F)c(F)c1F)CC(=O)Nc1c(F)cccc1F. The third-order valence-electron chi connectivity index (χ3n) is 3.46. The van der Waals surface area contributed by atoms with Crippen LogP contribution in [0.15, 0.2) is 30.3 Å². The van der Waals surface area contributed by atoms with Gasteiger partial charge in [-0.05, 0) is 24.3 Å². The summed E-state index contributed by atoms with van der Waals surface area (Å²) in [7, 11) is 1.43. The van der Waals surface area contributed by atoms with Gasteiger partial charge >= 0.3 is 0 Å². The molecule has 2 aromatic carbocycles. The highest BCUT2D eigenvalue weighted by molar-refractivity contribution is 5.93. The molecule has 0 bridgehead atoms. The predicted molar refractivity (Wildman–Crippen MR) is 86.6 cm³/mol. The van der Waals surface area contributed by atoms with Crippen LogP contribution in [-0.2, 0) is 9.59 Å². The minimum atomic E-state index is -1.72. The molecule has 1 unspecified atom stereocenters. The molecule has 5 nitrogen and oxygen atoms in total. The molecule has 144 valence electrons. The summed E-state index contributed by atoms with van der Waals surface area (Å²) in [6, 6.07) is 4.59. The van der Waals surface area contributed by atoms with E-state index in [1.54, 1.807) is 0 Å². The largest absolute Gasteiger partial charge is 0.322 e. The summed E-state index contributed by atoms with van der Waals surface area (Å²) in [6.07, 6.45) is 0. The van der Waals surface area contributed by atoms with E-state index < -0.39 is 52.3 Å². The summed E-state index contributed by atoms with van der Waals surface area (Å²) in [5.41, 5.74) is -1.16. The van der Waals surface area contributed by atoms with Crippen LogP contribution in [0.3, 0.4) is 0 Å². The van der Waals surface area contributed by atoms with Crippen molar-refractivity contribution in [3.05, 3.63) is 59.4 Å². The number of halogens is 5. The number of hydrogen-bond donors (Lipinski definition) is 3. The smallest absolute Gasteiger partial charge is 0.279 e. The molecule has 27 heavy (non-hydrogen) atoms. The Kier molecular flexibility index (Phi) is 6.45. The predicted octanol–water partition coefficient (Wildman–Crippen LogP) is 1.47. The first-order chi connectivity index (χ1) is 12.7. The van der Waals surface area contributed by atoms with Gasteiger partial charge in [-0.2, -0.15) is 0 Å². The molecule has 2 rings (SSSR count). The van der Waals surface area contributed by atoms with E-state index in [1.807, 2.05) is 0 Å². The topological polar surface area (TPSA) is 62.6 Å². The Bertz CT molecular complexity index is 856. The lowest BCUT2D eigenvalue weighted by Crippen LogP contribution is -3.11. The lowest BCUT2D eigenvalue weighted by Gasteiger charge is -2.14. The Hall–Kier alpha value is -3.01. The number of carbonyl (C=O) groups is 2. The molecule has 0 spiro atoms. The zero-order chi connectivity index (χ0) is 20.1. The molecular formula is C17H15F5N3O2+. The molecule has 1 atom stereocenters. The van der Waals surface area contributed by atoms with Crippen LogP contribution < -0.4 is 15.5 Å². The molecule has 0 saturated carbocycles. The maximum Gasteiger partial charge on any atom is 0.279 e. The number of amides is 2. The number of carbonyl (C=O) groups excluding carboxylic acids is 2. The highest BCUT2D eigenvalue weighted by Gasteiger charge is 2.19. The van der Waals surface area contributed by atoms with Crippen LogP contribution in [0.5, 0.6) is 0 Å². The number of benzene rings is 2. The highest BCUT2D eigenvalue weighted by atomic mass is 19.2. The molecule has 0 aliphatic rings. The van der Waals surface area contributed by atoms with Crippen molar-refractivity contribution in [2.75, 3.05) is 30.8 Å². The van der Waals surface area contributed by atoms with Gasteiger partial charge in [0.25, 0.3) is 11.8 Å². The van der Waals surface area contributed by atoms with Crippen LogP contribution in [0.2, 0.25) is 0 Å². The van der Waals surface area contributed by atoms with Crippen molar-refractivity contribution in [1.29, 1.82) is 0 Å². The van der Waals surface area contributed by atoms with Gasteiger partial charge in [-0.1, -0.05) is 6.07 Å². The van der Waals surface area contributed by atoms with Gasteiger partial charge in [0.05, 0.1) is 12.7 Å². The van der Waals surface area contributed by atoms with Gasteiger partial charge in [0, 0.05) is 0 Å². The van der Waals surface area contributed by atoms with E-state index in [0.29, 0.717) is 11.0 Å². The molecule has 10 heteroatoms. The van der Waals surface area contributed by atoms with Crippen LogP contribution in [-0.4, -0.2) is 32.0 Å². The van der Waals surface area contributed by atoms with Crippen LogP contribution >= 0.6 is 0 Å². The first-order valence-electron chi connectivity index (χ1n) is 7.67. The highest BCUT2D eigenvalue weighted by Crippen LogP contribution is 2.19. The fourth-order valence-corrected chi connectivity index (χ4v) is 2.23. The summed E-state index contributed by atoms with van der Waals surface area (Å²) in [5, 5.41) is 4.12. The second-order valence-corrected chi connectivity index (χ2v) is 5.73. The van der Waals surface area contributed by atoms with E-state index in [9.17, 15) is 31.5 Å². The summed E-state index contributed by atoms with van der Waals surface area (Å²) >= 11 is 0. The van der Waals surface area contributed by atoms with Gasteiger partial charge in [0.2, 0.25) is 0 Å². The van der Waals surface area contributed by atoms with E-state index in [0.717, 1.165) is 24.3 Å². The second kappa shape index (κ2) is 8.58. The number of quaternary nitrogens is 1. The molecule has 0 aliphatic heterocycles. The number of nitrogens with one attached hydrogen (secondary N) is 3. The minimum Gasteiger partial charge on any atom is -0.322 e. The Morgan fingerprint density at radius 2 is 1.37 bits per heavy atom. The van der Waals surface area contributed by atoms with E-state index in [2.05, 4.69) is 10.6 Å². The molecule has 3 N–H and O–H groups in total. The quantitative estimate of drug-likeness (QED) is 0.519. The van der Waals surface area contributed by atoms with Gasteiger partial charge in [-0.25, -0.2) is 22.0 Å². The minimum absolute atomic E-state index is 0.296. The molecule has 2 aromatic rings. The summed E-state index contributed by atoms with van der Waals surface area (Å²) in [4.78, 5) is 24.0. The van der Waals surface area contributed by atoms with Crippen molar-refractivity contribution < 1.29 is 36.4 Å². The van der Waals surface area contributed by atoms with E-state index >= 15 is 0 Å². The lowest BCUT2D eigenvalue weighted by molar-refractivity contribution is -0.862. The number of likely N-dealkylation sites (N-methyl/N-ethyl adjacent to an activating group) is 1. The summed E-state index contributed by atoms with van der Waals surface area (Å²) in [5.74, 6) is -8.11. The van der Waals surface area contributed by atoms with Gasteiger partial charge in [0.1, 0.15) is 17.3 Å². The van der Waals surface area contributed by atoms with Gasteiger partial charge < -0.3 is 15.5 Å².